The molecule has 0 aliphatic carbocycles. The van der Waals surface area contributed by atoms with Crippen molar-refractivity contribution < 1.29 is 17.7 Å². The monoisotopic (exact) mass is 352 g/mol. The van der Waals surface area contributed by atoms with E-state index in [0.717, 1.165) is 17.4 Å². The summed E-state index contributed by atoms with van der Waals surface area (Å²) in [5.41, 5.74) is 2.02. The molecule has 130 valence electrons. The molecule has 0 atom stereocenters. The lowest BCUT2D eigenvalue weighted by Gasteiger charge is -2.03. The predicted octanol–water partition coefficient (Wildman–Crippen LogP) is 0.643. The molecule has 1 heterocycles. The van der Waals surface area contributed by atoms with Gasteiger partial charge in [-0.3, -0.25) is 4.79 Å². The van der Waals surface area contributed by atoms with E-state index in [2.05, 4.69) is 20.2 Å². The lowest BCUT2D eigenvalue weighted by Crippen LogP contribution is -2.31. The molecule has 0 aliphatic rings. The number of rotatable bonds is 8. The molecule has 0 aliphatic heterocycles. The molecule has 0 bridgehead atoms. The fourth-order valence-electron chi connectivity index (χ4n) is 1.92. The Morgan fingerprint density at radius 1 is 1.21 bits per heavy atom. The SMILES string of the molecule is Cc1ccc(-c2noc(CCNC(=O)CCNS(C)(=O)=O)n2)cc1. The van der Waals surface area contributed by atoms with Gasteiger partial charge >= 0.3 is 0 Å². The van der Waals surface area contributed by atoms with Gasteiger partial charge in [-0.15, -0.1) is 0 Å². The Balaban J connectivity index is 1.75. The predicted molar refractivity (Wildman–Crippen MR) is 88.6 cm³/mol. The zero-order chi connectivity index (χ0) is 17.6. The van der Waals surface area contributed by atoms with Crippen molar-refractivity contribution in [2.45, 2.75) is 19.8 Å². The van der Waals surface area contributed by atoms with Crippen LogP contribution in [-0.4, -0.2) is 43.8 Å². The third-order valence-corrected chi connectivity index (χ3v) is 3.88. The molecule has 2 N–H and O–H groups in total. The topological polar surface area (TPSA) is 114 Å². The van der Waals surface area contributed by atoms with Crippen molar-refractivity contribution in [1.82, 2.24) is 20.2 Å². The lowest BCUT2D eigenvalue weighted by molar-refractivity contribution is -0.120. The number of benzene rings is 1. The first-order valence-electron chi connectivity index (χ1n) is 7.44. The third-order valence-electron chi connectivity index (χ3n) is 3.16. The summed E-state index contributed by atoms with van der Waals surface area (Å²) in [6.07, 6.45) is 1.53. The van der Waals surface area contributed by atoms with Gasteiger partial charge in [0.1, 0.15) is 0 Å². The average Bonchev–Trinajstić information content (AvgIpc) is 2.95. The number of carbonyl (C=O) groups excluding carboxylic acids is 1. The maximum Gasteiger partial charge on any atom is 0.228 e. The molecule has 0 spiro atoms. The first-order valence-corrected chi connectivity index (χ1v) is 9.33. The summed E-state index contributed by atoms with van der Waals surface area (Å²) in [7, 11) is -3.27. The first-order chi connectivity index (χ1) is 11.3. The van der Waals surface area contributed by atoms with E-state index in [4.69, 9.17) is 4.52 Å². The number of amides is 1. The van der Waals surface area contributed by atoms with Crippen LogP contribution in [0, 0.1) is 6.92 Å². The molecule has 2 rings (SSSR count). The summed E-state index contributed by atoms with van der Waals surface area (Å²) in [6.45, 7) is 2.41. The summed E-state index contributed by atoms with van der Waals surface area (Å²) >= 11 is 0. The molecule has 0 radical (unpaired) electrons. The summed E-state index contributed by atoms with van der Waals surface area (Å²) in [5, 5.41) is 6.59. The van der Waals surface area contributed by atoms with E-state index in [9.17, 15) is 13.2 Å². The van der Waals surface area contributed by atoms with Gasteiger partial charge in [-0.2, -0.15) is 4.98 Å². The molecule has 0 saturated heterocycles. The maximum atomic E-state index is 11.6. The van der Waals surface area contributed by atoms with Crippen molar-refractivity contribution in [2.75, 3.05) is 19.3 Å². The van der Waals surface area contributed by atoms with Crippen molar-refractivity contribution >= 4 is 15.9 Å². The highest BCUT2D eigenvalue weighted by Gasteiger charge is 2.09. The van der Waals surface area contributed by atoms with Crippen LogP contribution in [0.3, 0.4) is 0 Å². The molecule has 1 aromatic heterocycles. The van der Waals surface area contributed by atoms with E-state index >= 15 is 0 Å². The zero-order valence-electron chi connectivity index (χ0n) is 13.6. The van der Waals surface area contributed by atoms with Gasteiger partial charge in [0, 0.05) is 31.5 Å². The normalized spacial score (nSPS) is 11.4. The first kappa shape index (κ1) is 18.1. The number of carbonyl (C=O) groups is 1. The minimum Gasteiger partial charge on any atom is -0.356 e. The summed E-state index contributed by atoms with van der Waals surface area (Å²) in [4.78, 5) is 15.8. The van der Waals surface area contributed by atoms with E-state index in [0.29, 0.717) is 24.7 Å². The number of nitrogens with zero attached hydrogens (tertiary/aromatic N) is 2. The highest BCUT2D eigenvalue weighted by molar-refractivity contribution is 7.88. The molecule has 24 heavy (non-hydrogen) atoms. The molecular formula is C15H20N4O4S. The van der Waals surface area contributed by atoms with Crippen LogP contribution < -0.4 is 10.0 Å². The van der Waals surface area contributed by atoms with Crippen LogP contribution in [0.1, 0.15) is 17.9 Å². The molecular weight excluding hydrogens is 332 g/mol. The fourth-order valence-corrected chi connectivity index (χ4v) is 2.40. The number of aromatic nitrogens is 2. The molecule has 0 unspecified atom stereocenters. The van der Waals surface area contributed by atoms with Gasteiger partial charge in [-0.25, -0.2) is 13.1 Å². The van der Waals surface area contributed by atoms with Crippen molar-refractivity contribution in [2.24, 2.45) is 0 Å². The van der Waals surface area contributed by atoms with Crippen LogP contribution >= 0.6 is 0 Å². The van der Waals surface area contributed by atoms with E-state index in [1.165, 1.54) is 0 Å². The summed E-state index contributed by atoms with van der Waals surface area (Å²) in [6, 6.07) is 7.77. The molecule has 1 aromatic carbocycles. The Kier molecular flexibility index (Phi) is 6.04. The number of aryl methyl sites for hydroxylation is 1. The molecule has 9 heteroatoms. The number of hydrogen-bond donors (Lipinski definition) is 2. The minimum atomic E-state index is -3.27. The van der Waals surface area contributed by atoms with Crippen LogP contribution in [0.2, 0.25) is 0 Å². The van der Waals surface area contributed by atoms with E-state index in [1.54, 1.807) is 0 Å². The van der Waals surface area contributed by atoms with E-state index in [1.807, 2.05) is 31.2 Å². The van der Waals surface area contributed by atoms with Crippen molar-refractivity contribution in [3.8, 4) is 11.4 Å². The highest BCUT2D eigenvalue weighted by atomic mass is 32.2. The summed E-state index contributed by atoms with van der Waals surface area (Å²) < 4.78 is 29.2. The number of sulfonamides is 1. The second-order valence-electron chi connectivity index (χ2n) is 5.39. The minimum absolute atomic E-state index is 0.0722. The average molecular weight is 352 g/mol. The molecule has 8 nitrogen and oxygen atoms in total. The van der Waals surface area contributed by atoms with Gasteiger partial charge in [-0.05, 0) is 6.92 Å². The zero-order valence-corrected chi connectivity index (χ0v) is 14.4. The van der Waals surface area contributed by atoms with E-state index < -0.39 is 10.0 Å². The lowest BCUT2D eigenvalue weighted by atomic mass is 10.1. The van der Waals surface area contributed by atoms with Crippen molar-refractivity contribution in [3.63, 3.8) is 0 Å². The fraction of sp³-hybridized carbons (Fsp3) is 0.400. The van der Waals surface area contributed by atoms with Gasteiger partial charge in [0.2, 0.25) is 27.6 Å². The second-order valence-corrected chi connectivity index (χ2v) is 7.23. The number of hydrogen-bond acceptors (Lipinski definition) is 6. The highest BCUT2D eigenvalue weighted by Crippen LogP contribution is 2.16. The van der Waals surface area contributed by atoms with Gasteiger partial charge in [-0.1, -0.05) is 35.0 Å². The van der Waals surface area contributed by atoms with Gasteiger partial charge in [0.25, 0.3) is 0 Å². The quantitative estimate of drug-likeness (QED) is 0.721. The standard InChI is InChI=1S/C15H20N4O4S/c1-11-3-5-12(6-4-11)15-18-14(23-19-15)8-9-16-13(20)7-10-17-24(2,21)22/h3-6,17H,7-10H2,1-2H3,(H,16,20). The van der Waals surface area contributed by atoms with Crippen molar-refractivity contribution in [3.05, 3.63) is 35.7 Å². The molecule has 2 aromatic rings. The Bertz CT molecular complexity index is 784. The molecule has 0 fully saturated rings. The van der Waals surface area contributed by atoms with Gasteiger partial charge < -0.3 is 9.84 Å². The van der Waals surface area contributed by atoms with Crippen molar-refractivity contribution in [1.29, 1.82) is 0 Å². The molecule has 0 saturated carbocycles. The molecule has 1 amide bonds. The smallest absolute Gasteiger partial charge is 0.228 e. The third kappa shape index (κ3) is 6.09. The number of nitrogens with one attached hydrogen (secondary N) is 2. The van der Waals surface area contributed by atoms with Crippen LogP contribution in [-0.2, 0) is 21.2 Å². The van der Waals surface area contributed by atoms with Crippen LogP contribution in [0.5, 0.6) is 0 Å². The van der Waals surface area contributed by atoms with Crippen LogP contribution in [0.4, 0.5) is 0 Å². The second kappa shape index (κ2) is 8.02. The Labute approximate surface area is 140 Å². The van der Waals surface area contributed by atoms with Crippen LogP contribution in [0.25, 0.3) is 11.4 Å². The Morgan fingerprint density at radius 3 is 2.58 bits per heavy atom. The Morgan fingerprint density at radius 2 is 1.92 bits per heavy atom. The van der Waals surface area contributed by atoms with Gasteiger partial charge in [0.05, 0.1) is 6.26 Å². The summed E-state index contributed by atoms with van der Waals surface area (Å²) in [5.74, 6) is 0.693. The van der Waals surface area contributed by atoms with E-state index in [-0.39, 0.29) is 18.9 Å². The van der Waals surface area contributed by atoms with Gasteiger partial charge in [0.15, 0.2) is 0 Å². The maximum absolute atomic E-state index is 11.6. The largest absolute Gasteiger partial charge is 0.356 e. The Hall–Kier alpha value is -2.26. The van der Waals surface area contributed by atoms with Crippen LogP contribution in [0.15, 0.2) is 28.8 Å².